The topological polar surface area (TPSA) is 137 Å². The average molecular weight is 390 g/mol. The molecule has 10 nitrogen and oxygen atoms in total. The van der Waals surface area contributed by atoms with Crippen molar-refractivity contribution < 1.29 is 8.42 Å². The third kappa shape index (κ3) is 3.60. The fourth-order valence-electron chi connectivity index (χ4n) is 2.64. The average Bonchev–Trinajstić information content (AvgIpc) is 3.22. The Morgan fingerprint density at radius 3 is 2.96 bits per heavy atom. The summed E-state index contributed by atoms with van der Waals surface area (Å²) in [6.07, 6.45) is 2.95. The summed E-state index contributed by atoms with van der Waals surface area (Å²) in [7, 11) is -3.33. The van der Waals surface area contributed by atoms with Crippen molar-refractivity contribution in [3.63, 3.8) is 0 Å². The Hall–Kier alpha value is -2.73. The molecule has 4 rings (SSSR count). The predicted octanol–water partition coefficient (Wildman–Crippen LogP) is 0.949. The van der Waals surface area contributed by atoms with Crippen molar-refractivity contribution >= 4 is 51.2 Å². The second-order valence-corrected chi connectivity index (χ2v) is 8.48. The van der Waals surface area contributed by atoms with E-state index in [1.54, 1.807) is 23.9 Å². The van der Waals surface area contributed by atoms with E-state index >= 15 is 0 Å². The summed E-state index contributed by atoms with van der Waals surface area (Å²) < 4.78 is 25.4. The molecular weight excluding hydrogens is 376 g/mol. The first-order chi connectivity index (χ1) is 12.5. The van der Waals surface area contributed by atoms with Gasteiger partial charge < -0.3 is 0 Å². The van der Waals surface area contributed by atoms with Gasteiger partial charge in [0.2, 0.25) is 21.9 Å². The van der Waals surface area contributed by atoms with E-state index in [1.165, 1.54) is 0 Å². The molecule has 0 saturated carbocycles. The molecule has 134 valence electrons. The zero-order valence-electron chi connectivity index (χ0n) is 13.5. The lowest BCUT2D eigenvalue weighted by Crippen LogP contribution is -2.28. The highest BCUT2D eigenvalue weighted by molar-refractivity contribution is 8.04. The Morgan fingerprint density at radius 1 is 1.31 bits per heavy atom. The third-order valence-electron chi connectivity index (χ3n) is 3.66. The minimum Gasteiger partial charge on any atom is -0.292 e. The molecule has 3 heterocycles. The fraction of sp³-hybridized carbons (Fsp3) is 0.214. The number of hydrogen-bond acceptors (Lipinski definition) is 9. The van der Waals surface area contributed by atoms with Gasteiger partial charge in [0, 0.05) is 11.9 Å². The number of rotatable bonds is 4. The van der Waals surface area contributed by atoms with Crippen molar-refractivity contribution in [1.29, 1.82) is 0 Å². The molecule has 0 spiro atoms. The zero-order chi connectivity index (χ0) is 18.1. The molecule has 0 fully saturated rings. The molecule has 1 aromatic heterocycles. The lowest BCUT2D eigenvalue weighted by molar-refractivity contribution is 0.607. The maximum atomic E-state index is 11.5. The third-order valence-corrected chi connectivity index (χ3v) is 5.35. The maximum absolute atomic E-state index is 11.5. The molecule has 2 aliphatic heterocycles. The summed E-state index contributed by atoms with van der Waals surface area (Å²) in [5.41, 5.74) is 2.41. The van der Waals surface area contributed by atoms with Crippen molar-refractivity contribution in [2.75, 3.05) is 16.3 Å². The van der Waals surface area contributed by atoms with E-state index in [2.05, 4.69) is 40.6 Å². The van der Waals surface area contributed by atoms with Crippen LogP contribution in [-0.2, 0) is 10.0 Å². The Bertz CT molecular complexity index is 1010. The molecule has 2 aromatic rings. The Labute approximate surface area is 153 Å². The Balaban J connectivity index is 1.59. The van der Waals surface area contributed by atoms with Gasteiger partial charge in [-0.3, -0.25) is 10.0 Å². The number of aromatic nitrogens is 4. The lowest BCUT2D eigenvalue weighted by atomic mass is 9.97. The predicted molar refractivity (Wildman–Crippen MR) is 102 cm³/mol. The van der Waals surface area contributed by atoms with Crippen LogP contribution in [-0.4, -0.2) is 58.8 Å². The number of aliphatic imine (C=N–C) groups is 2. The van der Waals surface area contributed by atoms with Gasteiger partial charge in [0.25, 0.3) is 0 Å². The summed E-state index contributed by atoms with van der Waals surface area (Å²) in [6, 6.07) is 7.10. The quantitative estimate of drug-likeness (QED) is 0.706. The zero-order valence-corrected chi connectivity index (χ0v) is 15.1. The van der Waals surface area contributed by atoms with E-state index in [0.29, 0.717) is 17.6 Å². The number of H-pyrrole nitrogens is 1. The number of nitrogens with one attached hydrogen (secondary N) is 3. The number of fused-ring (bicyclic) bond motifs is 1. The fourth-order valence-corrected chi connectivity index (χ4v) is 4.26. The van der Waals surface area contributed by atoms with Gasteiger partial charge in [0.1, 0.15) is 0 Å². The van der Waals surface area contributed by atoms with E-state index in [-0.39, 0.29) is 11.3 Å². The first-order valence-electron chi connectivity index (χ1n) is 7.54. The van der Waals surface area contributed by atoms with Crippen LogP contribution in [0.4, 0.5) is 11.6 Å². The molecule has 0 radical (unpaired) electrons. The standard InChI is InChI=1S/C14H14N8O2S2/c1-26(23,24)20-9-4-2-3-8(5-9)10-7-25-11-6-15-13(16-12(10)11)17-14-18-21-22-19-14/h2-7,11-12,20H,1H3,(H2,16,17,18,19,21,22). The summed E-state index contributed by atoms with van der Waals surface area (Å²) >= 11 is 1.63. The molecule has 1 aromatic carbocycles. The first kappa shape index (κ1) is 16.7. The normalized spacial score (nSPS) is 21.7. The molecule has 26 heavy (non-hydrogen) atoms. The molecular formula is C14H14N8O2S2. The van der Waals surface area contributed by atoms with Crippen LogP contribution in [0.15, 0.2) is 39.7 Å². The van der Waals surface area contributed by atoms with Crippen LogP contribution in [0, 0.1) is 0 Å². The number of anilines is 2. The van der Waals surface area contributed by atoms with Gasteiger partial charge in [-0.1, -0.05) is 17.2 Å². The highest BCUT2D eigenvalue weighted by Gasteiger charge is 2.33. The van der Waals surface area contributed by atoms with Crippen LogP contribution >= 0.6 is 11.8 Å². The van der Waals surface area contributed by atoms with Gasteiger partial charge in [-0.2, -0.15) is 0 Å². The number of tetrazole rings is 1. The van der Waals surface area contributed by atoms with Gasteiger partial charge in [0.05, 0.1) is 17.5 Å². The molecule has 0 amide bonds. The minimum absolute atomic E-state index is 0.0925. The number of sulfonamides is 1. The van der Waals surface area contributed by atoms with Crippen molar-refractivity contribution in [2.45, 2.75) is 11.3 Å². The summed E-state index contributed by atoms with van der Waals surface area (Å²) in [5, 5.41) is 18.4. The molecule has 0 saturated heterocycles. The molecule has 0 aliphatic carbocycles. The number of aromatic amines is 1. The van der Waals surface area contributed by atoms with E-state index in [4.69, 9.17) is 0 Å². The SMILES string of the molecule is CS(=O)(=O)Nc1cccc(C2=CSC3C=NC(Nc4nnn[nH]4)=NC23)c1. The van der Waals surface area contributed by atoms with Gasteiger partial charge in [0.15, 0.2) is 0 Å². The molecule has 12 heteroatoms. The van der Waals surface area contributed by atoms with Crippen LogP contribution in [0.5, 0.6) is 0 Å². The van der Waals surface area contributed by atoms with Crippen LogP contribution < -0.4 is 10.0 Å². The molecule has 3 N–H and O–H groups in total. The molecule has 2 aliphatic rings. The van der Waals surface area contributed by atoms with E-state index < -0.39 is 10.0 Å². The number of benzene rings is 1. The highest BCUT2D eigenvalue weighted by atomic mass is 32.2. The monoisotopic (exact) mass is 390 g/mol. The largest absolute Gasteiger partial charge is 0.292 e. The number of hydrogen-bond donors (Lipinski definition) is 3. The Morgan fingerprint density at radius 2 is 2.19 bits per heavy atom. The van der Waals surface area contributed by atoms with Crippen molar-refractivity contribution in [3.8, 4) is 0 Å². The number of nitrogens with zero attached hydrogens (tertiary/aromatic N) is 5. The molecule has 2 atom stereocenters. The maximum Gasteiger partial charge on any atom is 0.247 e. The lowest BCUT2D eigenvalue weighted by Gasteiger charge is -2.20. The van der Waals surface area contributed by atoms with E-state index in [9.17, 15) is 8.42 Å². The van der Waals surface area contributed by atoms with E-state index in [0.717, 1.165) is 17.4 Å². The molecule has 2 unspecified atom stereocenters. The summed E-state index contributed by atoms with van der Waals surface area (Å²) in [4.78, 5) is 8.94. The number of guanidine groups is 1. The van der Waals surface area contributed by atoms with Gasteiger partial charge in [-0.15, -0.1) is 11.8 Å². The smallest absolute Gasteiger partial charge is 0.247 e. The second kappa shape index (κ2) is 6.53. The van der Waals surface area contributed by atoms with Crippen LogP contribution in [0.1, 0.15) is 5.56 Å². The van der Waals surface area contributed by atoms with Crippen LogP contribution in [0.25, 0.3) is 5.57 Å². The summed E-state index contributed by atoms with van der Waals surface area (Å²) in [5.74, 6) is 0.762. The van der Waals surface area contributed by atoms with Crippen LogP contribution in [0.3, 0.4) is 0 Å². The van der Waals surface area contributed by atoms with E-state index in [1.807, 2.05) is 23.8 Å². The molecule has 0 bridgehead atoms. The van der Waals surface area contributed by atoms with Crippen LogP contribution in [0.2, 0.25) is 0 Å². The Kier molecular flexibility index (Phi) is 4.20. The summed E-state index contributed by atoms with van der Waals surface area (Å²) in [6.45, 7) is 0. The van der Waals surface area contributed by atoms with Gasteiger partial charge >= 0.3 is 0 Å². The van der Waals surface area contributed by atoms with Gasteiger partial charge in [-0.05, 0) is 39.1 Å². The minimum atomic E-state index is -3.33. The highest BCUT2D eigenvalue weighted by Crippen LogP contribution is 2.39. The van der Waals surface area contributed by atoms with Crippen molar-refractivity contribution in [1.82, 2.24) is 20.6 Å². The van der Waals surface area contributed by atoms with Crippen molar-refractivity contribution in [2.24, 2.45) is 9.98 Å². The second-order valence-electron chi connectivity index (χ2n) is 5.68. The number of thioether (sulfide) groups is 1. The van der Waals surface area contributed by atoms with Crippen molar-refractivity contribution in [3.05, 3.63) is 35.2 Å². The van der Waals surface area contributed by atoms with Gasteiger partial charge in [-0.25, -0.2) is 23.5 Å². The first-order valence-corrected chi connectivity index (χ1v) is 10.4.